The van der Waals surface area contributed by atoms with Gasteiger partial charge in [-0.25, -0.2) is 9.79 Å². The molecule has 1 heterocycles. The first-order chi connectivity index (χ1) is 11.3. The molecule has 0 amide bonds. The van der Waals surface area contributed by atoms with E-state index in [1.54, 1.807) is 0 Å². The Morgan fingerprint density at radius 3 is 2.30 bits per heavy atom. The molecule has 3 nitrogen and oxygen atoms in total. The monoisotopic (exact) mass is 305 g/mol. The quantitative estimate of drug-likeness (QED) is 0.773. The van der Waals surface area contributed by atoms with Gasteiger partial charge in [-0.2, -0.15) is 0 Å². The second-order valence-electron chi connectivity index (χ2n) is 6.35. The number of carbonyl (C=O) groups excluding carboxylic acids is 1. The minimum Gasteiger partial charge on any atom is -0.405 e. The molecule has 1 aliphatic heterocycles. The lowest BCUT2D eigenvalue weighted by atomic mass is 9.83. The van der Waals surface area contributed by atoms with Gasteiger partial charge in [-0.05, 0) is 36.1 Å². The van der Waals surface area contributed by atoms with Crippen LogP contribution in [0.4, 0.5) is 0 Å². The first-order valence-electron chi connectivity index (χ1n) is 8.25. The van der Waals surface area contributed by atoms with E-state index in [4.69, 9.17) is 9.73 Å². The van der Waals surface area contributed by atoms with Crippen LogP contribution in [0.3, 0.4) is 0 Å². The molecule has 116 valence electrons. The van der Waals surface area contributed by atoms with E-state index in [0.717, 1.165) is 42.4 Å². The van der Waals surface area contributed by atoms with Gasteiger partial charge in [0, 0.05) is 5.56 Å². The molecule has 1 aliphatic carbocycles. The molecule has 1 fully saturated rings. The molecule has 0 bridgehead atoms. The normalized spacial score (nSPS) is 19.5. The van der Waals surface area contributed by atoms with Crippen LogP contribution in [0.25, 0.3) is 11.1 Å². The van der Waals surface area contributed by atoms with Gasteiger partial charge < -0.3 is 4.74 Å². The van der Waals surface area contributed by atoms with Gasteiger partial charge in [0.1, 0.15) is 0 Å². The zero-order valence-electron chi connectivity index (χ0n) is 13.0. The van der Waals surface area contributed by atoms with Crippen molar-refractivity contribution in [2.45, 2.75) is 37.6 Å². The molecule has 0 aromatic heterocycles. The fourth-order valence-electron chi connectivity index (χ4n) is 3.48. The number of nitrogens with zero attached hydrogens (tertiary/aromatic N) is 1. The standard InChI is InChI=1S/C20H19NO2/c22-19-20(12-5-2-6-13-20)21-18(23-19)17-11-7-10-16(14-17)15-8-3-1-4-9-15/h1,3-4,7-11,14H,2,5-6,12-13H2. The van der Waals surface area contributed by atoms with Gasteiger partial charge in [0.15, 0.2) is 5.54 Å². The topological polar surface area (TPSA) is 38.7 Å². The summed E-state index contributed by atoms with van der Waals surface area (Å²) in [6.45, 7) is 0. The van der Waals surface area contributed by atoms with E-state index in [0.29, 0.717) is 5.90 Å². The van der Waals surface area contributed by atoms with Crippen LogP contribution < -0.4 is 0 Å². The lowest BCUT2D eigenvalue weighted by Crippen LogP contribution is -2.35. The van der Waals surface area contributed by atoms with Crippen molar-refractivity contribution in [1.82, 2.24) is 0 Å². The maximum absolute atomic E-state index is 12.4. The summed E-state index contributed by atoms with van der Waals surface area (Å²) in [6, 6.07) is 18.2. The molecular weight excluding hydrogens is 286 g/mol. The predicted octanol–water partition coefficient (Wildman–Crippen LogP) is 4.36. The average Bonchev–Trinajstić information content (AvgIpc) is 2.93. The third-order valence-electron chi connectivity index (χ3n) is 4.78. The second-order valence-corrected chi connectivity index (χ2v) is 6.35. The molecule has 0 N–H and O–H groups in total. The number of cyclic esters (lactones) is 1. The molecular formula is C20H19NO2. The summed E-state index contributed by atoms with van der Waals surface area (Å²) in [5.41, 5.74) is 2.51. The molecule has 2 aliphatic rings. The van der Waals surface area contributed by atoms with Crippen LogP contribution in [-0.4, -0.2) is 17.4 Å². The highest BCUT2D eigenvalue weighted by Gasteiger charge is 2.46. The summed E-state index contributed by atoms with van der Waals surface area (Å²) in [6.07, 6.45) is 4.91. The minimum atomic E-state index is -0.615. The number of ether oxygens (including phenoxy) is 1. The van der Waals surface area contributed by atoms with Gasteiger partial charge in [-0.15, -0.1) is 0 Å². The number of esters is 1. The Bertz CT molecular complexity index is 758. The first kappa shape index (κ1) is 14.2. The number of carbonyl (C=O) groups is 1. The van der Waals surface area contributed by atoms with Crippen molar-refractivity contribution in [3.8, 4) is 11.1 Å². The fraction of sp³-hybridized carbons (Fsp3) is 0.300. The summed E-state index contributed by atoms with van der Waals surface area (Å²) >= 11 is 0. The van der Waals surface area contributed by atoms with E-state index < -0.39 is 5.54 Å². The third kappa shape index (κ3) is 2.56. The highest BCUT2D eigenvalue weighted by atomic mass is 16.6. The van der Waals surface area contributed by atoms with Crippen LogP contribution in [0.2, 0.25) is 0 Å². The molecule has 0 radical (unpaired) electrons. The summed E-state index contributed by atoms with van der Waals surface area (Å²) in [5, 5.41) is 0. The molecule has 1 saturated carbocycles. The van der Waals surface area contributed by atoms with Crippen LogP contribution in [0, 0.1) is 0 Å². The van der Waals surface area contributed by atoms with Crippen LogP contribution in [0.15, 0.2) is 59.6 Å². The SMILES string of the molecule is O=C1OC(c2cccc(-c3ccccc3)c2)=NC12CCCCC2. The molecule has 23 heavy (non-hydrogen) atoms. The molecule has 0 atom stereocenters. The molecule has 1 spiro atoms. The summed E-state index contributed by atoms with van der Waals surface area (Å²) < 4.78 is 5.54. The number of benzene rings is 2. The van der Waals surface area contributed by atoms with Crippen molar-refractivity contribution >= 4 is 11.9 Å². The van der Waals surface area contributed by atoms with Gasteiger partial charge >= 0.3 is 5.97 Å². The van der Waals surface area contributed by atoms with Crippen LogP contribution in [0.5, 0.6) is 0 Å². The van der Waals surface area contributed by atoms with Crippen molar-refractivity contribution < 1.29 is 9.53 Å². The van der Waals surface area contributed by atoms with Crippen molar-refractivity contribution in [3.63, 3.8) is 0 Å². The number of aliphatic imine (C=N–C) groups is 1. The first-order valence-corrected chi connectivity index (χ1v) is 8.25. The third-order valence-corrected chi connectivity index (χ3v) is 4.78. The zero-order chi connectivity index (χ0) is 15.7. The van der Waals surface area contributed by atoms with E-state index in [1.165, 1.54) is 6.42 Å². The van der Waals surface area contributed by atoms with Crippen molar-refractivity contribution in [2.75, 3.05) is 0 Å². The lowest BCUT2D eigenvalue weighted by molar-refractivity contribution is -0.140. The highest BCUT2D eigenvalue weighted by Crippen LogP contribution is 2.37. The highest BCUT2D eigenvalue weighted by molar-refractivity contribution is 6.08. The summed E-state index contributed by atoms with van der Waals surface area (Å²) in [4.78, 5) is 17.1. The van der Waals surface area contributed by atoms with Crippen molar-refractivity contribution in [3.05, 3.63) is 60.2 Å². The van der Waals surface area contributed by atoms with E-state index >= 15 is 0 Å². The van der Waals surface area contributed by atoms with Crippen LogP contribution in [-0.2, 0) is 9.53 Å². The Morgan fingerprint density at radius 1 is 0.826 bits per heavy atom. The van der Waals surface area contributed by atoms with Gasteiger partial charge in [0.25, 0.3) is 0 Å². The van der Waals surface area contributed by atoms with Crippen molar-refractivity contribution in [1.29, 1.82) is 0 Å². The van der Waals surface area contributed by atoms with E-state index in [2.05, 4.69) is 18.2 Å². The Labute approximate surface area is 136 Å². The fourth-order valence-corrected chi connectivity index (χ4v) is 3.48. The van der Waals surface area contributed by atoms with Gasteiger partial charge in [-0.3, -0.25) is 0 Å². The van der Waals surface area contributed by atoms with E-state index in [1.807, 2.05) is 36.4 Å². The smallest absolute Gasteiger partial charge is 0.340 e. The molecule has 2 aromatic carbocycles. The van der Waals surface area contributed by atoms with Gasteiger partial charge in [0.05, 0.1) is 0 Å². The van der Waals surface area contributed by atoms with E-state index in [-0.39, 0.29) is 5.97 Å². The van der Waals surface area contributed by atoms with Gasteiger partial charge in [-0.1, -0.05) is 61.7 Å². The largest absolute Gasteiger partial charge is 0.405 e. The second kappa shape index (κ2) is 5.65. The lowest BCUT2D eigenvalue weighted by Gasteiger charge is -2.25. The Morgan fingerprint density at radius 2 is 1.52 bits per heavy atom. The molecule has 2 aromatic rings. The zero-order valence-corrected chi connectivity index (χ0v) is 13.0. The number of hydrogen-bond donors (Lipinski definition) is 0. The number of rotatable bonds is 2. The Hall–Kier alpha value is -2.42. The van der Waals surface area contributed by atoms with Crippen LogP contribution in [0.1, 0.15) is 37.7 Å². The van der Waals surface area contributed by atoms with Gasteiger partial charge in [0.2, 0.25) is 5.90 Å². The van der Waals surface area contributed by atoms with Crippen LogP contribution >= 0.6 is 0 Å². The van der Waals surface area contributed by atoms with E-state index in [9.17, 15) is 4.79 Å². The minimum absolute atomic E-state index is 0.169. The van der Waals surface area contributed by atoms with Crippen molar-refractivity contribution in [2.24, 2.45) is 4.99 Å². The molecule has 4 rings (SSSR count). The maximum Gasteiger partial charge on any atom is 0.340 e. The average molecular weight is 305 g/mol. The molecule has 3 heteroatoms. The summed E-state index contributed by atoms with van der Waals surface area (Å²) in [5.74, 6) is 0.312. The molecule has 0 saturated heterocycles. The Kier molecular flexibility index (Phi) is 3.49. The molecule has 0 unspecified atom stereocenters. The Balaban J connectivity index is 1.69. The maximum atomic E-state index is 12.4. The number of hydrogen-bond acceptors (Lipinski definition) is 3. The summed E-state index contributed by atoms with van der Waals surface area (Å²) in [7, 11) is 0. The predicted molar refractivity (Wildman–Crippen MR) is 90.3 cm³/mol.